The molecule has 0 spiro atoms. The molecule has 2 heterocycles. The molecule has 1 aliphatic rings. The summed E-state index contributed by atoms with van der Waals surface area (Å²) in [5.41, 5.74) is 1.05. The van der Waals surface area contributed by atoms with Crippen LogP contribution in [0.1, 0.15) is 51.5 Å². The lowest BCUT2D eigenvalue weighted by atomic mass is 9.96. The highest BCUT2D eigenvalue weighted by molar-refractivity contribution is 5.75. The van der Waals surface area contributed by atoms with Gasteiger partial charge in [-0.3, -0.25) is 9.69 Å². The first kappa shape index (κ1) is 18.6. The van der Waals surface area contributed by atoms with Crippen molar-refractivity contribution < 1.29 is 9.21 Å². The van der Waals surface area contributed by atoms with Crippen LogP contribution in [0.25, 0.3) is 11.3 Å². The summed E-state index contributed by atoms with van der Waals surface area (Å²) in [6.07, 6.45) is 5.63. The number of aromatic nitrogens is 1. The number of carbonyl (C=O) groups is 1. The molecule has 5 heteroatoms. The highest BCUT2D eigenvalue weighted by Gasteiger charge is 2.27. The average Bonchev–Trinajstić information content (AvgIpc) is 3.17. The molecule has 2 aromatic rings. The molecule has 1 fully saturated rings. The quantitative estimate of drug-likeness (QED) is 0.815. The highest BCUT2D eigenvalue weighted by Crippen LogP contribution is 2.29. The zero-order valence-corrected chi connectivity index (χ0v) is 15.8. The number of amides is 1. The van der Waals surface area contributed by atoms with Crippen molar-refractivity contribution in [2.45, 2.75) is 45.6 Å². The van der Waals surface area contributed by atoms with Crippen LogP contribution >= 0.6 is 0 Å². The molecular formula is C21H29N3O2. The Kier molecular flexibility index (Phi) is 6.45. The van der Waals surface area contributed by atoms with Crippen LogP contribution in [-0.4, -0.2) is 35.4 Å². The third-order valence-corrected chi connectivity index (χ3v) is 5.10. The van der Waals surface area contributed by atoms with Crippen LogP contribution < -0.4 is 5.32 Å². The van der Waals surface area contributed by atoms with Crippen LogP contribution in [0.5, 0.6) is 0 Å². The van der Waals surface area contributed by atoms with Crippen molar-refractivity contribution in [3.05, 3.63) is 42.4 Å². The van der Waals surface area contributed by atoms with E-state index in [0.29, 0.717) is 12.3 Å². The van der Waals surface area contributed by atoms with Crippen molar-refractivity contribution in [2.75, 3.05) is 19.6 Å². The van der Waals surface area contributed by atoms with Crippen LogP contribution in [0.4, 0.5) is 0 Å². The number of hydrogen-bond donors (Lipinski definition) is 1. The van der Waals surface area contributed by atoms with Gasteiger partial charge in [0.2, 0.25) is 11.8 Å². The summed E-state index contributed by atoms with van der Waals surface area (Å²) in [7, 11) is 0. The number of carbonyl (C=O) groups excluding carboxylic acids is 1. The zero-order valence-electron chi connectivity index (χ0n) is 15.8. The van der Waals surface area contributed by atoms with Gasteiger partial charge in [0.05, 0.1) is 12.2 Å². The lowest BCUT2D eigenvalue weighted by molar-refractivity contribution is -0.121. The molecule has 2 unspecified atom stereocenters. The van der Waals surface area contributed by atoms with Crippen molar-refractivity contribution in [1.82, 2.24) is 15.2 Å². The Bertz CT molecular complexity index is 698. The van der Waals surface area contributed by atoms with E-state index in [1.165, 1.54) is 0 Å². The smallest absolute Gasteiger partial charge is 0.219 e. The lowest BCUT2D eigenvalue weighted by Crippen LogP contribution is -2.42. The Morgan fingerprint density at radius 3 is 2.96 bits per heavy atom. The first-order chi connectivity index (χ1) is 12.7. The van der Waals surface area contributed by atoms with Crippen molar-refractivity contribution in [2.24, 2.45) is 5.92 Å². The summed E-state index contributed by atoms with van der Waals surface area (Å²) in [4.78, 5) is 18.6. The van der Waals surface area contributed by atoms with Gasteiger partial charge in [-0.25, -0.2) is 4.98 Å². The van der Waals surface area contributed by atoms with Crippen molar-refractivity contribution in [1.29, 1.82) is 0 Å². The Morgan fingerprint density at radius 1 is 1.38 bits per heavy atom. The molecule has 1 N–H and O–H groups in total. The minimum absolute atomic E-state index is 0.140. The van der Waals surface area contributed by atoms with Gasteiger partial charge in [0.15, 0.2) is 5.76 Å². The monoisotopic (exact) mass is 355 g/mol. The second-order valence-electron chi connectivity index (χ2n) is 7.16. The summed E-state index contributed by atoms with van der Waals surface area (Å²) < 4.78 is 6.03. The Balaban J connectivity index is 1.58. The number of nitrogens with zero attached hydrogens (tertiary/aromatic N) is 2. The number of likely N-dealkylation sites (tertiary alicyclic amines) is 1. The number of nitrogens with one attached hydrogen (secondary N) is 1. The molecule has 0 aliphatic carbocycles. The van der Waals surface area contributed by atoms with Gasteiger partial charge in [0.1, 0.15) is 0 Å². The predicted molar refractivity (Wildman–Crippen MR) is 103 cm³/mol. The number of rotatable bonds is 7. The normalized spacial score (nSPS) is 19.2. The second-order valence-corrected chi connectivity index (χ2v) is 7.16. The van der Waals surface area contributed by atoms with Crippen LogP contribution in [0.3, 0.4) is 0 Å². The van der Waals surface area contributed by atoms with Crippen molar-refractivity contribution in [3.63, 3.8) is 0 Å². The molecule has 1 saturated heterocycles. The maximum Gasteiger partial charge on any atom is 0.219 e. The van der Waals surface area contributed by atoms with E-state index < -0.39 is 0 Å². The van der Waals surface area contributed by atoms with Gasteiger partial charge in [-0.15, -0.1) is 0 Å². The molecule has 3 rings (SSSR count). The fourth-order valence-corrected chi connectivity index (χ4v) is 3.56. The maximum absolute atomic E-state index is 11.7. The third kappa shape index (κ3) is 4.73. The number of benzene rings is 1. The van der Waals surface area contributed by atoms with E-state index in [1.54, 1.807) is 0 Å². The standard InChI is InChI=1S/C21H29N3O2/c1-3-8-20(25)22-13-17-9-7-12-24(15-17)16(2)21-23-14-19(26-21)18-10-5-4-6-11-18/h4-6,10-11,14,16-17H,3,7-9,12-13,15H2,1-2H3,(H,22,25). The fraction of sp³-hybridized carbons (Fsp3) is 0.524. The van der Waals surface area contributed by atoms with Gasteiger partial charge in [0.25, 0.3) is 0 Å². The van der Waals surface area contributed by atoms with Crippen molar-refractivity contribution in [3.8, 4) is 11.3 Å². The molecule has 1 amide bonds. The molecule has 0 bridgehead atoms. The maximum atomic E-state index is 11.7. The first-order valence-electron chi connectivity index (χ1n) is 9.69. The minimum Gasteiger partial charge on any atom is -0.439 e. The summed E-state index contributed by atoms with van der Waals surface area (Å²) >= 11 is 0. The van der Waals surface area contributed by atoms with Crippen LogP contribution in [0.15, 0.2) is 40.9 Å². The topological polar surface area (TPSA) is 58.4 Å². The Labute approximate surface area is 155 Å². The molecule has 1 aliphatic heterocycles. The predicted octanol–water partition coefficient (Wildman–Crippen LogP) is 4.03. The molecule has 26 heavy (non-hydrogen) atoms. The molecular weight excluding hydrogens is 326 g/mol. The highest BCUT2D eigenvalue weighted by atomic mass is 16.4. The number of piperidine rings is 1. The SMILES string of the molecule is CCCC(=O)NCC1CCCN(C(C)c2ncc(-c3ccccc3)o2)C1. The molecule has 0 saturated carbocycles. The van der Waals surface area contributed by atoms with Crippen LogP contribution in [0.2, 0.25) is 0 Å². The van der Waals surface area contributed by atoms with E-state index in [0.717, 1.165) is 56.1 Å². The average molecular weight is 355 g/mol. The van der Waals surface area contributed by atoms with Gasteiger partial charge < -0.3 is 9.73 Å². The molecule has 0 radical (unpaired) electrons. The lowest BCUT2D eigenvalue weighted by Gasteiger charge is -2.35. The molecule has 2 atom stereocenters. The van der Waals surface area contributed by atoms with Gasteiger partial charge in [-0.1, -0.05) is 37.3 Å². The second kappa shape index (κ2) is 8.99. The van der Waals surface area contributed by atoms with Crippen LogP contribution in [0, 0.1) is 5.92 Å². The Morgan fingerprint density at radius 2 is 2.19 bits per heavy atom. The fourth-order valence-electron chi connectivity index (χ4n) is 3.56. The van der Waals surface area contributed by atoms with E-state index in [2.05, 4.69) is 22.1 Å². The van der Waals surface area contributed by atoms with Gasteiger partial charge in [-0.05, 0) is 38.6 Å². The third-order valence-electron chi connectivity index (χ3n) is 5.10. The molecule has 1 aromatic carbocycles. The first-order valence-corrected chi connectivity index (χ1v) is 9.69. The van der Waals surface area contributed by atoms with E-state index in [4.69, 9.17) is 4.42 Å². The molecule has 140 valence electrons. The largest absolute Gasteiger partial charge is 0.439 e. The van der Waals surface area contributed by atoms with E-state index >= 15 is 0 Å². The minimum atomic E-state index is 0.140. The van der Waals surface area contributed by atoms with E-state index in [1.807, 2.05) is 43.5 Å². The van der Waals surface area contributed by atoms with Gasteiger partial charge >= 0.3 is 0 Å². The van der Waals surface area contributed by atoms with Crippen LogP contribution in [-0.2, 0) is 4.79 Å². The Hall–Kier alpha value is -2.14. The van der Waals surface area contributed by atoms with E-state index in [-0.39, 0.29) is 11.9 Å². The van der Waals surface area contributed by atoms with Gasteiger partial charge in [0, 0.05) is 25.1 Å². The molecule has 1 aromatic heterocycles. The summed E-state index contributed by atoms with van der Waals surface area (Å²) in [5, 5.41) is 3.07. The summed E-state index contributed by atoms with van der Waals surface area (Å²) in [6.45, 7) is 6.96. The van der Waals surface area contributed by atoms with Crippen molar-refractivity contribution >= 4 is 5.91 Å². The number of oxazole rings is 1. The van der Waals surface area contributed by atoms with E-state index in [9.17, 15) is 4.79 Å². The summed E-state index contributed by atoms with van der Waals surface area (Å²) in [5.74, 6) is 2.24. The number of hydrogen-bond acceptors (Lipinski definition) is 4. The van der Waals surface area contributed by atoms with Gasteiger partial charge in [-0.2, -0.15) is 0 Å². The zero-order chi connectivity index (χ0) is 18.4. The molecule has 5 nitrogen and oxygen atoms in total. The summed E-state index contributed by atoms with van der Waals surface area (Å²) in [6, 6.07) is 10.2.